The number of benzene rings is 2. The van der Waals surface area contributed by atoms with Crippen LogP contribution in [0.15, 0.2) is 47.1 Å². The van der Waals surface area contributed by atoms with Gasteiger partial charge in [0.2, 0.25) is 5.91 Å². The number of hydrogen-bond donors (Lipinski definition) is 2. The molecule has 1 aliphatic carbocycles. The number of likely N-dealkylation sites (tertiary alicyclic amines) is 2. The molecule has 3 heterocycles. The highest BCUT2D eigenvalue weighted by atomic mass is 35.5. The molecule has 4 atom stereocenters. The minimum Gasteiger partial charge on any atom is -0.481 e. The highest BCUT2D eigenvalue weighted by Crippen LogP contribution is 2.32. The van der Waals surface area contributed by atoms with Crippen LogP contribution in [0.25, 0.3) is 11.0 Å². The molecule has 48 heavy (non-hydrogen) atoms. The van der Waals surface area contributed by atoms with Crippen molar-refractivity contribution in [3.63, 3.8) is 0 Å². The van der Waals surface area contributed by atoms with Crippen LogP contribution >= 0.6 is 11.6 Å². The SMILES string of the molecule is COC1CN([C@H]2C[C@@H](CO[C@H]3CC[C@H](C(=O)O)CC3)N(C(=O)Cc3cc(Cl)c(NC(=O)c4coc5ccccc45)cc3F)C2)CC1OC. The number of anilines is 1. The molecular formula is C35H41ClFN3O8. The number of nitrogens with one attached hydrogen (secondary N) is 1. The summed E-state index contributed by atoms with van der Waals surface area (Å²) < 4.78 is 38.5. The van der Waals surface area contributed by atoms with Crippen LogP contribution in [0.5, 0.6) is 0 Å². The molecule has 0 bridgehead atoms. The lowest BCUT2D eigenvalue weighted by Gasteiger charge is -2.30. The molecular weight excluding hydrogens is 645 g/mol. The van der Waals surface area contributed by atoms with Gasteiger partial charge in [-0.1, -0.05) is 29.8 Å². The van der Waals surface area contributed by atoms with Crippen molar-refractivity contribution in [2.75, 3.05) is 45.8 Å². The molecule has 258 valence electrons. The van der Waals surface area contributed by atoms with Crippen molar-refractivity contribution in [2.45, 2.75) is 68.9 Å². The number of ether oxygens (including phenoxy) is 3. The van der Waals surface area contributed by atoms with Gasteiger partial charge in [0.1, 0.15) is 17.7 Å². The van der Waals surface area contributed by atoms with Gasteiger partial charge in [0.05, 0.1) is 59.6 Å². The largest absolute Gasteiger partial charge is 0.481 e. The Labute approximate surface area is 283 Å². The van der Waals surface area contributed by atoms with Gasteiger partial charge in [0.25, 0.3) is 5.91 Å². The average molecular weight is 686 g/mol. The van der Waals surface area contributed by atoms with E-state index < -0.39 is 17.7 Å². The van der Waals surface area contributed by atoms with E-state index >= 15 is 4.39 Å². The summed E-state index contributed by atoms with van der Waals surface area (Å²) in [4.78, 5) is 42.3. The first-order valence-electron chi connectivity index (χ1n) is 16.3. The molecule has 1 saturated carbocycles. The average Bonchev–Trinajstić information content (AvgIpc) is 3.83. The molecule has 2 aromatic carbocycles. The molecule has 3 fully saturated rings. The van der Waals surface area contributed by atoms with Gasteiger partial charge < -0.3 is 34.0 Å². The van der Waals surface area contributed by atoms with Crippen LogP contribution in [0.3, 0.4) is 0 Å². The molecule has 0 radical (unpaired) electrons. The van der Waals surface area contributed by atoms with Crippen LogP contribution in [-0.2, 0) is 30.2 Å². The van der Waals surface area contributed by atoms with Crippen LogP contribution in [0.4, 0.5) is 10.1 Å². The first kappa shape index (κ1) is 34.3. The zero-order chi connectivity index (χ0) is 33.9. The van der Waals surface area contributed by atoms with Crippen molar-refractivity contribution in [3.8, 4) is 0 Å². The number of methoxy groups -OCH3 is 2. The van der Waals surface area contributed by atoms with E-state index in [4.69, 9.17) is 30.2 Å². The predicted octanol–water partition coefficient (Wildman–Crippen LogP) is 5.00. The Morgan fingerprint density at radius 2 is 1.75 bits per heavy atom. The summed E-state index contributed by atoms with van der Waals surface area (Å²) in [7, 11) is 3.33. The van der Waals surface area contributed by atoms with Crippen molar-refractivity contribution in [1.29, 1.82) is 0 Å². The summed E-state index contributed by atoms with van der Waals surface area (Å²) in [5.41, 5.74) is 1.04. The van der Waals surface area contributed by atoms with Gasteiger partial charge in [0.15, 0.2) is 0 Å². The van der Waals surface area contributed by atoms with Gasteiger partial charge >= 0.3 is 5.97 Å². The minimum absolute atomic E-state index is 0.0353. The fourth-order valence-electron chi connectivity index (χ4n) is 7.29. The second kappa shape index (κ2) is 14.9. The van der Waals surface area contributed by atoms with Crippen molar-refractivity contribution in [1.82, 2.24) is 9.80 Å². The van der Waals surface area contributed by atoms with Crippen LogP contribution in [-0.4, -0.2) is 104 Å². The number of fused-ring (bicyclic) bond motifs is 1. The summed E-state index contributed by atoms with van der Waals surface area (Å²) in [6.45, 7) is 2.07. The predicted molar refractivity (Wildman–Crippen MR) is 176 cm³/mol. The van der Waals surface area contributed by atoms with E-state index in [0.717, 1.165) is 6.07 Å². The normalized spacial score (nSPS) is 26.3. The number of rotatable bonds is 11. The van der Waals surface area contributed by atoms with E-state index in [1.54, 1.807) is 43.4 Å². The fraction of sp³-hybridized carbons (Fsp3) is 0.514. The molecule has 0 spiro atoms. The quantitative estimate of drug-likeness (QED) is 0.287. The number of amides is 2. The number of halogens is 2. The Morgan fingerprint density at radius 3 is 2.44 bits per heavy atom. The number of carboxylic acids is 1. The Bertz CT molecular complexity index is 1630. The first-order chi connectivity index (χ1) is 23.1. The maximum Gasteiger partial charge on any atom is 0.306 e. The second-order valence-corrected chi connectivity index (χ2v) is 13.3. The molecule has 13 heteroatoms. The topological polar surface area (TPSA) is 131 Å². The molecule has 2 aliphatic heterocycles. The van der Waals surface area contributed by atoms with Crippen LogP contribution < -0.4 is 5.32 Å². The third-order valence-corrected chi connectivity index (χ3v) is 10.4. The number of nitrogens with zero attached hydrogens (tertiary/aromatic N) is 2. The highest BCUT2D eigenvalue weighted by Gasteiger charge is 2.43. The van der Waals surface area contributed by atoms with Crippen LogP contribution in [0, 0.1) is 11.7 Å². The van der Waals surface area contributed by atoms with Crippen LogP contribution in [0.2, 0.25) is 5.02 Å². The van der Waals surface area contributed by atoms with Gasteiger partial charge in [-0.05, 0) is 55.9 Å². The molecule has 2 amide bonds. The first-order valence-corrected chi connectivity index (χ1v) is 16.7. The molecule has 2 N–H and O–H groups in total. The van der Waals surface area contributed by atoms with E-state index in [2.05, 4.69) is 10.2 Å². The highest BCUT2D eigenvalue weighted by molar-refractivity contribution is 6.34. The molecule has 2 unspecified atom stereocenters. The standard InChI is InChI=1S/C35H41ClFN3O8/c1-45-31-16-39(17-32(31)46-2)22-13-23(18-47-24-9-7-20(8-10-24)35(43)44)40(15-22)33(41)12-21-11-27(36)29(14-28(21)37)38-34(42)26-19-48-30-6-4-3-5-25(26)30/h3-6,11,14,19-20,22-24,31-32H,7-10,12-13,15-18H2,1-2H3,(H,38,42)(H,43,44)/t20-,22-,23-,24-,31?,32?/m0/s1. The Morgan fingerprint density at radius 1 is 1.04 bits per heavy atom. The molecule has 1 aromatic heterocycles. The molecule has 11 nitrogen and oxygen atoms in total. The Balaban J connectivity index is 1.14. The maximum atomic E-state index is 15.5. The minimum atomic E-state index is -0.771. The Kier molecular flexibility index (Phi) is 10.7. The maximum absolute atomic E-state index is 15.5. The van der Waals surface area contributed by atoms with E-state index in [1.165, 1.54) is 12.3 Å². The monoisotopic (exact) mass is 685 g/mol. The lowest BCUT2D eigenvalue weighted by atomic mass is 9.87. The molecule has 6 rings (SSSR count). The number of hydrogen-bond acceptors (Lipinski definition) is 8. The smallest absolute Gasteiger partial charge is 0.306 e. The molecule has 3 aromatic rings. The second-order valence-electron chi connectivity index (χ2n) is 12.9. The van der Waals surface area contributed by atoms with Gasteiger partial charge in [0, 0.05) is 45.3 Å². The zero-order valence-corrected chi connectivity index (χ0v) is 27.8. The third kappa shape index (κ3) is 7.37. The summed E-state index contributed by atoms with van der Waals surface area (Å²) in [5, 5.41) is 12.7. The van der Waals surface area contributed by atoms with E-state index in [1.807, 2.05) is 0 Å². The van der Waals surface area contributed by atoms with E-state index in [0.29, 0.717) is 74.9 Å². The van der Waals surface area contributed by atoms with Gasteiger partial charge in [-0.2, -0.15) is 0 Å². The van der Waals surface area contributed by atoms with Gasteiger partial charge in [-0.25, -0.2) is 4.39 Å². The van der Waals surface area contributed by atoms with Gasteiger partial charge in [-0.3, -0.25) is 19.3 Å². The number of carbonyl (C=O) groups excluding carboxylic acids is 2. The third-order valence-electron chi connectivity index (χ3n) is 10.1. The number of carbonyl (C=O) groups is 3. The van der Waals surface area contributed by atoms with Crippen molar-refractivity contribution in [2.24, 2.45) is 5.92 Å². The van der Waals surface area contributed by atoms with E-state index in [9.17, 15) is 19.5 Å². The molecule has 3 aliphatic rings. The van der Waals surface area contributed by atoms with Gasteiger partial charge in [-0.15, -0.1) is 0 Å². The number of carboxylic acid groups (broad SMARTS) is 1. The fourth-order valence-corrected chi connectivity index (χ4v) is 7.53. The molecule has 2 saturated heterocycles. The van der Waals surface area contributed by atoms with E-state index in [-0.39, 0.29) is 64.9 Å². The van der Waals surface area contributed by atoms with Crippen molar-refractivity contribution < 1.29 is 42.5 Å². The number of para-hydroxylation sites is 1. The summed E-state index contributed by atoms with van der Waals surface area (Å²) in [6.07, 6.45) is 3.99. The Hall–Kier alpha value is -3.55. The number of aliphatic carboxylic acids is 1. The van der Waals surface area contributed by atoms with Crippen molar-refractivity contribution >= 4 is 46.0 Å². The summed E-state index contributed by atoms with van der Waals surface area (Å²) >= 11 is 6.51. The number of furan rings is 1. The summed E-state index contributed by atoms with van der Waals surface area (Å²) in [5.74, 6) is -2.54. The lowest BCUT2D eigenvalue weighted by molar-refractivity contribution is -0.144. The lowest BCUT2D eigenvalue weighted by Crippen LogP contribution is -2.41. The summed E-state index contributed by atoms with van der Waals surface area (Å²) in [6, 6.07) is 9.38. The zero-order valence-electron chi connectivity index (χ0n) is 27.0. The van der Waals surface area contributed by atoms with Crippen molar-refractivity contribution in [3.05, 3.63) is 64.6 Å². The van der Waals surface area contributed by atoms with Crippen LogP contribution in [0.1, 0.15) is 48.0 Å².